The van der Waals surface area contributed by atoms with Crippen LogP contribution in [0.2, 0.25) is 0 Å². The van der Waals surface area contributed by atoms with E-state index < -0.39 is 31.1 Å². The highest BCUT2D eigenvalue weighted by atomic mass is 19.4. The van der Waals surface area contributed by atoms with Gasteiger partial charge in [-0.2, -0.15) is 13.2 Å². The van der Waals surface area contributed by atoms with Crippen molar-refractivity contribution in [3.8, 4) is 0 Å². The Morgan fingerprint density at radius 3 is 2.25 bits per heavy atom. The molecule has 0 spiro atoms. The second-order valence-corrected chi connectivity index (χ2v) is 4.54. The number of carbonyl (C=O) groups is 2. The number of rotatable bonds is 9. The van der Waals surface area contributed by atoms with Crippen LogP contribution in [0.25, 0.3) is 0 Å². The van der Waals surface area contributed by atoms with Crippen LogP contribution in [0.1, 0.15) is 39.0 Å². The number of carbonyl (C=O) groups excluding carboxylic acids is 1. The van der Waals surface area contributed by atoms with E-state index in [0.29, 0.717) is 19.4 Å². The second kappa shape index (κ2) is 9.44. The molecule has 1 unspecified atom stereocenters. The summed E-state index contributed by atoms with van der Waals surface area (Å²) in [6, 6.07) is -0.637. The van der Waals surface area contributed by atoms with Crippen molar-refractivity contribution in [3.05, 3.63) is 0 Å². The van der Waals surface area contributed by atoms with E-state index in [1.807, 2.05) is 6.92 Å². The van der Waals surface area contributed by atoms with E-state index in [4.69, 9.17) is 5.11 Å². The first-order valence-corrected chi connectivity index (χ1v) is 6.54. The molecule has 0 aliphatic carbocycles. The van der Waals surface area contributed by atoms with Crippen LogP contribution in [0, 0.1) is 5.92 Å². The Labute approximate surface area is 115 Å². The fourth-order valence-corrected chi connectivity index (χ4v) is 1.65. The normalized spacial score (nSPS) is 12.8. The van der Waals surface area contributed by atoms with Gasteiger partial charge in [0.15, 0.2) is 0 Å². The predicted octanol–water partition coefficient (Wildman–Crippen LogP) is 2.52. The first-order valence-electron chi connectivity index (χ1n) is 6.54. The molecule has 118 valence electrons. The lowest BCUT2D eigenvalue weighted by molar-refractivity contribution is -0.137. The third kappa shape index (κ3) is 11.6. The topological polar surface area (TPSA) is 78.4 Å². The number of aliphatic carboxylic acids is 1. The van der Waals surface area contributed by atoms with E-state index >= 15 is 0 Å². The molecule has 0 heterocycles. The lowest BCUT2D eigenvalue weighted by Gasteiger charge is -2.14. The lowest BCUT2D eigenvalue weighted by Crippen LogP contribution is -2.38. The monoisotopic (exact) mass is 298 g/mol. The Morgan fingerprint density at radius 2 is 1.75 bits per heavy atom. The molecule has 0 aromatic rings. The maximum atomic E-state index is 11.8. The Balaban J connectivity index is 3.70. The van der Waals surface area contributed by atoms with Crippen LogP contribution in [0.3, 0.4) is 0 Å². The summed E-state index contributed by atoms with van der Waals surface area (Å²) in [5.41, 5.74) is 0. The van der Waals surface area contributed by atoms with E-state index in [1.165, 1.54) is 0 Å². The highest BCUT2D eigenvalue weighted by molar-refractivity contribution is 5.73. The van der Waals surface area contributed by atoms with E-state index in [9.17, 15) is 22.8 Å². The number of hydrogen-bond donors (Lipinski definition) is 3. The minimum atomic E-state index is -4.28. The molecule has 3 N–H and O–H groups in total. The van der Waals surface area contributed by atoms with Crippen molar-refractivity contribution in [3.63, 3.8) is 0 Å². The Morgan fingerprint density at radius 1 is 1.15 bits per heavy atom. The molecular formula is C12H21F3N2O3. The fourth-order valence-electron chi connectivity index (χ4n) is 1.65. The summed E-state index contributed by atoms with van der Waals surface area (Å²) in [5.74, 6) is -0.678. The summed E-state index contributed by atoms with van der Waals surface area (Å²) in [4.78, 5) is 21.6. The van der Waals surface area contributed by atoms with Crippen molar-refractivity contribution >= 4 is 12.0 Å². The number of hydrogen-bond acceptors (Lipinski definition) is 2. The van der Waals surface area contributed by atoms with E-state index in [2.05, 4.69) is 10.6 Å². The van der Waals surface area contributed by atoms with Crippen LogP contribution < -0.4 is 10.6 Å². The zero-order valence-corrected chi connectivity index (χ0v) is 11.4. The zero-order chi connectivity index (χ0) is 15.6. The molecule has 0 rings (SSSR count). The van der Waals surface area contributed by atoms with Crippen LogP contribution in [0.15, 0.2) is 0 Å². The van der Waals surface area contributed by atoms with Gasteiger partial charge in [-0.25, -0.2) is 4.79 Å². The molecule has 0 aromatic heterocycles. The predicted molar refractivity (Wildman–Crippen MR) is 67.3 cm³/mol. The number of amides is 2. The van der Waals surface area contributed by atoms with Gasteiger partial charge in [-0.05, 0) is 18.8 Å². The average Bonchev–Trinajstić information content (AvgIpc) is 2.31. The first kappa shape index (κ1) is 18.5. The maximum absolute atomic E-state index is 11.8. The Bertz CT molecular complexity index is 309. The lowest BCUT2D eigenvalue weighted by atomic mass is 9.97. The highest BCUT2D eigenvalue weighted by Crippen LogP contribution is 2.18. The second-order valence-electron chi connectivity index (χ2n) is 4.54. The molecule has 0 aromatic carbocycles. The molecule has 8 heteroatoms. The number of urea groups is 1. The van der Waals surface area contributed by atoms with E-state index in [-0.39, 0.29) is 12.3 Å². The average molecular weight is 298 g/mol. The van der Waals surface area contributed by atoms with Gasteiger partial charge in [0.1, 0.15) is 0 Å². The fraction of sp³-hybridized carbons (Fsp3) is 0.833. The van der Waals surface area contributed by atoms with Gasteiger partial charge >= 0.3 is 18.2 Å². The molecule has 0 bridgehead atoms. The molecule has 0 saturated carbocycles. The SMILES string of the molecule is CCC(CCNC(=O)NCCC(F)(F)F)CCC(=O)O. The summed E-state index contributed by atoms with van der Waals surface area (Å²) < 4.78 is 35.5. The van der Waals surface area contributed by atoms with Crippen LogP contribution in [0.4, 0.5) is 18.0 Å². The van der Waals surface area contributed by atoms with Gasteiger partial charge in [0.25, 0.3) is 0 Å². The van der Waals surface area contributed by atoms with Gasteiger partial charge in [-0.15, -0.1) is 0 Å². The summed E-state index contributed by atoms with van der Waals surface area (Å²) in [7, 11) is 0. The summed E-state index contributed by atoms with van der Waals surface area (Å²) in [6.07, 6.45) is -3.32. The molecule has 0 saturated heterocycles. The quantitative estimate of drug-likeness (QED) is 0.612. The smallest absolute Gasteiger partial charge is 0.390 e. The van der Waals surface area contributed by atoms with E-state index in [0.717, 1.165) is 6.42 Å². The minimum Gasteiger partial charge on any atom is -0.481 e. The molecule has 0 aliphatic rings. The van der Waals surface area contributed by atoms with Crippen molar-refractivity contribution in [1.82, 2.24) is 10.6 Å². The van der Waals surface area contributed by atoms with Crippen molar-refractivity contribution in [2.45, 2.75) is 45.2 Å². The van der Waals surface area contributed by atoms with Crippen LogP contribution >= 0.6 is 0 Å². The minimum absolute atomic E-state index is 0.0796. The molecule has 0 fully saturated rings. The number of alkyl halides is 3. The standard InChI is InChI=1S/C12H21F3N2O3/c1-2-9(3-4-10(18)19)5-7-16-11(20)17-8-6-12(13,14)15/h9H,2-8H2,1H3,(H,18,19)(H2,16,17,20). The third-order valence-corrected chi connectivity index (χ3v) is 2.88. The summed E-state index contributed by atoms with van der Waals surface area (Å²) in [5, 5.41) is 13.1. The first-order chi connectivity index (χ1) is 9.24. The van der Waals surface area contributed by atoms with Gasteiger partial charge in [-0.1, -0.05) is 13.3 Å². The van der Waals surface area contributed by atoms with Crippen molar-refractivity contribution < 1.29 is 27.9 Å². The summed E-state index contributed by atoms with van der Waals surface area (Å²) >= 11 is 0. The molecule has 2 amide bonds. The molecule has 1 atom stereocenters. The number of nitrogens with one attached hydrogen (secondary N) is 2. The Kier molecular flexibility index (Phi) is 8.74. The molecular weight excluding hydrogens is 277 g/mol. The number of carboxylic acid groups (broad SMARTS) is 1. The van der Waals surface area contributed by atoms with Gasteiger partial charge in [0.05, 0.1) is 6.42 Å². The van der Waals surface area contributed by atoms with E-state index in [1.54, 1.807) is 0 Å². The number of carboxylic acids is 1. The molecule has 5 nitrogen and oxygen atoms in total. The van der Waals surface area contributed by atoms with Crippen molar-refractivity contribution in [2.75, 3.05) is 13.1 Å². The van der Waals surface area contributed by atoms with Crippen LogP contribution in [-0.4, -0.2) is 36.4 Å². The van der Waals surface area contributed by atoms with Gasteiger partial charge < -0.3 is 15.7 Å². The highest BCUT2D eigenvalue weighted by Gasteiger charge is 2.26. The largest absolute Gasteiger partial charge is 0.481 e. The van der Waals surface area contributed by atoms with Crippen LogP contribution in [0.5, 0.6) is 0 Å². The Hall–Kier alpha value is -1.47. The van der Waals surface area contributed by atoms with Gasteiger partial charge in [-0.3, -0.25) is 4.79 Å². The van der Waals surface area contributed by atoms with Gasteiger partial charge in [0.2, 0.25) is 0 Å². The maximum Gasteiger partial charge on any atom is 0.390 e. The summed E-state index contributed by atoms with van der Waals surface area (Å²) in [6.45, 7) is 1.79. The van der Waals surface area contributed by atoms with Gasteiger partial charge in [0, 0.05) is 19.5 Å². The molecule has 20 heavy (non-hydrogen) atoms. The molecule has 0 radical (unpaired) electrons. The third-order valence-electron chi connectivity index (χ3n) is 2.88. The molecule has 0 aliphatic heterocycles. The zero-order valence-electron chi connectivity index (χ0n) is 11.4. The van der Waals surface area contributed by atoms with Crippen molar-refractivity contribution in [2.24, 2.45) is 5.92 Å². The number of halogens is 3. The van der Waals surface area contributed by atoms with Crippen molar-refractivity contribution in [1.29, 1.82) is 0 Å². The van der Waals surface area contributed by atoms with Crippen LogP contribution in [-0.2, 0) is 4.79 Å².